The van der Waals surface area contributed by atoms with Gasteiger partial charge in [0.05, 0.1) is 34.4 Å². The van der Waals surface area contributed by atoms with Gasteiger partial charge in [0, 0.05) is 6.61 Å². The Labute approximate surface area is 217 Å². The SMILES string of the molecule is CCCCCCCCCCCCCCCCCCCOC[C@@H](O)COP(=O)(O)OCC[N+](C)(C)C. The summed E-state index contributed by atoms with van der Waals surface area (Å²) in [6.45, 7) is 3.38. The second-order valence-electron chi connectivity index (χ2n) is 11.0. The molecule has 2 N–H and O–H groups in total. The number of quaternary nitrogens is 1. The number of aliphatic hydroxyl groups is 1. The fourth-order valence-corrected chi connectivity index (χ4v) is 4.59. The van der Waals surface area contributed by atoms with E-state index in [1.54, 1.807) is 0 Å². The molecule has 0 aromatic heterocycles. The van der Waals surface area contributed by atoms with Crippen molar-refractivity contribution < 1.29 is 32.8 Å². The highest BCUT2D eigenvalue weighted by molar-refractivity contribution is 7.47. The molecule has 0 aromatic rings. The van der Waals surface area contributed by atoms with Crippen LogP contribution in [0, 0.1) is 0 Å². The lowest BCUT2D eigenvalue weighted by molar-refractivity contribution is -0.870. The van der Waals surface area contributed by atoms with Crippen LogP contribution in [0.2, 0.25) is 0 Å². The number of aliphatic hydroxyl groups excluding tert-OH is 1. The summed E-state index contributed by atoms with van der Waals surface area (Å²) in [4.78, 5) is 9.65. The van der Waals surface area contributed by atoms with Crippen molar-refractivity contribution in [3.8, 4) is 0 Å². The van der Waals surface area contributed by atoms with Gasteiger partial charge in [-0.05, 0) is 6.42 Å². The van der Waals surface area contributed by atoms with Crippen molar-refractivity contribution in [1.29, 1.82) is 0 Å². The van der Waals surface area contributed by atoms with E-state index in [1.807, 2.05) is 21.1 Å². The van der Waals surface area contributed by atoms with Gasteiger partial charge in [-0.15, -0.1) is 0 Å². The van der Waals surface area contributed by atoms with Crippen molar-refractivity contribution in [2.75, 3.05) is 54.1 Å². The number of phosphoric ester groups is 1. The van der Waals surface area contributed by atoms with Gasteiger partial charge in [-0.2, -0.15) is 0 Å². The minimum absolute atomic E-state index is 0.0950. The molecule has 8 heteroatoms. The maximum Gasteiger partial charge on any atom is 0.472 e. The van der Waals surface area contributed by atoms with Crippen molar-refractivity contribution >= 4 is 7.82 Å². The second kappa shape index (κ2) is 23.1. The van der Waals surface area contributed by atoms with Crippen LogP contribution in [-0.2, 0) is 18.3 Å². The highest BCUT2D eigenvalue weighted by Crippen LogP contribution is 2.43. The number of unbranched alkanes of at least 4 members (excludes halogenated alkanes) is 16. The molecule has 0 rings (SSSR count). The molecule has 0 aromatic carbocycles. The highest BCUT2D eigenvalue weighted by Gasteiger charge is 2.24. The van der Waals surface area contributed by atoms with E-state index in [9.17, 15) is 14.6 Å². The maximum atomic E-state index is 11.8. The third-order valence-corrected chi connectivity index (χ3v) is 7.13. The lowest BCUT2D eigenvalue weighted by atomic mass is 10.0. The van der Waals surface area contributed by atoms with E-state index in [0.717, 1.165) is 12.8 Å². The van der Waals surface area contributed by atoms with E-state index >= 15 is 0 Å². The molecule has 0 amide bonds. The van der Waals surface area contributed by atoms with Gasteiger partial charge in [0.2, 0.25) is 0 Å². The molecule has 2 atom stereocenters. The molecule has 0 saturated heterocycles. The Morgan fingerprint density at radius 1 is 0.657 bits per heavy atom. The predicted molar refractivity (Wildman–Crippen MR) is 146 cm³/mol. The lowest BCUT2D eigenvalue weighted by Crippen LogP contribution is -2.37. The third kappa shape index (κ3) is 28.4. The molecule has 1 unspecified atom stereocenters. The predicted octanol–water partition coefficient (Wildman–Crippen LogP) is 6.86. The number of nitrogens with zero attached hydrogens (tertiary/aromatic N) is 1. The van der Waals surface area contributed by atoms with Gasteiger partial charge in [-0.25, -0.2) is 4.57 Å². The number of hydrogen-bond donors (Lipinski definition) is 2. The first-order valence-electron chi connectivity index (χ1n) is 14.3. The van der Waals surface area contributed by atoms with Gasteiger partial charge in [0.1, 0.15) is 19.3 Å². The number of phosphoric acid groups is 1. The summed E-state index contributed by atoms with van der Waals surface area (Å²) in [7, 11) is 1.76. The molecule has 0 bridgehead atoms. The molecular weight excluding hydrogens is 465 g/mol. The fourth-order valence-electron chi connectivity index (χ4n) is 3.84. The van der Waals surface area contributed by atoms with E-state index in [2.05, 4.69) is 6.92 Å². The van der Waals surface area contributed by atoms with Gasteiger partial charge in [0.15, 0.2) is 0 Å². The molecular formula is C27H59NO6P+. The van der Waals surface area contributed by atoms with Crippen molar-refractivity contribution in [2.24, 2.45) is 0 Å². The first kappa shape index (κ1) is 35.0. The maximum absolute atomic E-state index is 11.8. The van der Waals surface area contributed by atoms with Crippen LogP contribution in [0.25, 0.3) is 0 Å². The van der Waals surface area contributed by atoms with Crippen molar-refractivity contribution in [3.63, 3.8) is 0 Å². The number of hydrogen-bond acceptors (Lipinski definition) is 5. The van der Waals surface area contributed by atoms with Crippen LogP contribution in [-0.4, -0.2) is 74.7 Å². The summed E-state index contributed by atoms with van der Waals surface area (Å²) in [6, 6.07) is 0. The average Bonchev–Trinajstić information content (AvgIpc) is 2.78. The van der Waals surface area contributed by atoms with Crippen LogP contribution in [0.4, 0.5) is 0 Å². The highest BCUT2D eigenvalue weighted by atomic mass is 31.2. The summed E-state index contributed by atoms with van der Waals surface area (Å²) in [6.07, 6.45) is 21.8. The van der Waals surface area contributed by atoms with Crippen molar-refractivity contribution in [2.45, 2.75) is 122 Å². The first-order chi connectivity index (χ1) is 16.7. The number of likely N-dealkylation sites (N-methyl/N-ethyl adjacent to an activating group) is 1. The van der Waals surface area contributed by atoms with E-state index in [4.69, 9.17) is 13.8 Å². The van der Waals surface area contributed by atoms with Crippen LogP contribution in [0.1, 0.15) is 116 Å². The van der Waals surface area contributed by atoms with Crippen LogP contribution in [0.5, 0.6) is 0 Å². The fraction of sp³-hybridized carbons (Fsp3) is 1.00. The Morgan fingerprint density at radius 2 is 1.09 bits per heavy atom. The Hall–Kier alpha value is -0.0100. The Morgan fingerprint density at radius 3 is 1.51 bits per heavy atom. The molecule has 212 valence electrons. The van der Waals surface area contributed by atoms with E-state index in [1.165, 1.54) is 96.3 Å². The minimum Gasteiger partial charge on any atom is -0.388 e. The van der Waals surface area contributed by atoms with Gasteiger partial charge in [-0.1, -0.05) is 110 Å². The summed E-state index contributed by atoms with van der Waals surface area (Å²) in [5.74, 6) is 0. The van der Waals surface area contributed by atoms with Gasteiger partial charge < -0.3 is 19.2 Å². The largest absolute Gasteiger partial charge is 0.472 e. The van der Waals surface area contributed by atoms with Crippen LogP contribution in [0.3, 0.4) is 0 Å². The van der Waals surface area contributed by atoms with Crippen molar-refractivity contribution in [1.82, 2.24) is 0 Å². The zero-order valence-corrected chi connectivity index (χ0v) is 24.4. The van der Waals surface area contributed by atoms with Crippen LogP contribution in [0.15, 0.2) is 0 Å². The molecule has 0 spiro atoms. The Balaban J connectivity index is 3.35. The van der Waals surface area contributed by atoms with Crippen LogP contribution >= 0.6 is 7.82 Å². The van der Waals surface area contributed by atoms with E-state index < -0.39 is 13.9 Å². The lowest BCUT2D eigenvalue weighted by Gasteiger charge is -2.24. The summed E-state index contributed by atoms with van der Waals surface area (Å²) in [5, 5.41) is 9.87. The molecule has 0 aliphatic carbocycles. The molecule has 0 fully saturated rings. The van der Waals surface area contributed by atoms with E-state index in [0.29, 0.717) is 17.6 Å². The number of ether oxygens (including phenoxy) is 1. The summed E-state index contributed by atoms with van der Waals surface area (Å²) >= 11 is 0. The molecule has 0 radical (unpaired) electrons. The van der Waals surface area contributed by atoms with Gasteiger partial charge in [-0.3, -0.25) is 9.05 Å². The zero-order valence-electron chi connectivity index (χ0n) is 23.6. The molecule has 7 nitrogen and oxygen atoms in total. The normalized spacial score (nSPS) is 14.8. The standard InChI is InChI=1S/C27H58NO6P/c1-5-6-7-8-9-10-11-12-13-14-15-16-17-18-19-20-21-23-32-25-27(29)26-34-35(30,31)33-24-22-28(2,3)4/h27,29H,5-26H2,1-4H3/p+1/t27-/m1/s1. The smallest absolute Gasteiger partial charge is 0.388 e. The topological polar surface area (TPSA) is 85.2 Å². The summed E-state index contributed by atoms with van der Waals surface area (Å²) < 4.78 is 27.7. The van der Waals surface area contributed by atoms with Crippen molar-refractivity contribution in [3.05, 3.63) is 0 Å². The third-order valence-electron chi connectivity index (χ3n) is 6.15. The molecule has 0 saturated carbocycles. The first-order valence-corrected chi connectivity index (χ1v) is 15.8. The zero-order chi connectivity index (χ0) is 26.3. The quantitative estimate of drug-likeness (QED) is 0.0694. The van der Waals surface area contributed by atoms with E-state index in [-0.39, 0.29) is 19.8 Å². The van der Waals surface area contributed by atoms with Gasteiger partial charge >= 0.3 is 7.82 Å². The monoisotopic (exact) mass is 524 g/mol. The molecule has 0 heterocycles. The molecule has 0 aliphatic heterocycles. The Bertz CT molecular complexity index is 501. The molecule has 35 heavy (non-hydrogen) atoms. The minimum atomic E-state index is -4.14. The number of rotatable bonds is 27. The summed E-state index contributed by atoms with van der Waals surface area (Å²) in [5.41, 5.74) is 0. The Kier molecular flexibility index (Phi) is 23.1. The van der Waals surface area contributed by atoms with Gasteiger partial charge in [0.25, 0.3) is 0 Å². The molecule has 0 aliphatic rings. The van der Waals surface area contributed by atoms with Crippen LogP contribution < -0.4 is 0 Å². The average molecular weight is 525 g/mol. The second-order valence-corrected chi connectivity index (χ2v) is 12.5.